The van der Waals surface area contributed by atoms with Gasteiger partial charge in [-0.25, -0.2) is 4.98 Å². The Labute approximate surface area is 123 Å². The number of hydrogen-bond acceptors (Lipinski definition) is 5. The third-order valence-electron chi connectivity index (χ3n) is 3.62. The summed E-state index contributed by atoms with van der Waals surface area (Å²) in [5.74, 6) is 1.10. The molecule has 5 heteroatoms. The van der Waals surface area contributed by atoms with Crippen LogP contribution in [0.25, 0.3) is 10.1 Å². The maximum absolute atomic E-state index is 5.65. The van der Waals surface area contributed by atoms with Gasteiger partial charge in [0.25, 0.3) is 0 Å². The Kier molecular flexibility index (Phi) is 4.19. The van der Waals surface area contributed by atoms with Gasteiger partial charge < -0.3 is 15.0 Å². The number of thiophene rings is 1. The highest BCUT2D eigenvalue weighted by atomic mass is 32.1. The molecule has 3 rings (SSSR count). The number of nitrogens with zero attached hydrogens (tertiary/aromatic N) is 2. The lowest BCUT2D eigenvalue weighted by atomic mass is 10.2. The Balaban J connectivity index is 1.87. The minimum atomic E-state index is 0.351. The molecule has 0 aliphatic carbocycles. The average molecular weight is 291 g/mol. The normalized spacial score (nSPS) is 19.9. The van der Waals surface area contributed by atoms with E-state index in [1.54, 1.807) is 11.3 Å². The Hall–Kier alpha value is -1.17. The van der Waals surface area contributed by atoms with Crippen LogP contribution in [0.15, 0.2) is 23.7 Å². The van der Waals surface area contributed by atoms with Crippen molar-refractivity contribution in [1.29, 1.82) is 0 Å². The summed E-state index contributed by atoms with van der Waals surface area (Å²) >= 11 is 1.77. The smallest absolute Gasteiger partial charge is 0.137 e. The fraction of sp³-hybridized carbons (Fsp3) is 0.533. The summed E-state index contributed by atoms with van der Waals surface area (Å²) in [6.45, 7) is 7.73. The second kappa shape index (κ2) is 6.08. The second-order valence-electron chi connectivity index (χ2n) is 5.45. The Morgan fingerprint density at radius 1 is 1.50 bits per heavy atom. The number of nitrogens with one attached hydrogen (secondary N) is 1. The molecule has 4 nitrogen and oxygen atoms in total. The van der Waals surface area contributed by atoms with Crippen molar-refractivity contribution in [3.8, 4) is 0 Å². The van der Waals surface area contributed by atoms with E-state index in [1.165, 1.54) is 10.1 Å². The maximum atomic E-state index is 5.65. The van der Waals surface area contributed by atoms with Crippen molar-refractivity contribution in [2.45, 2.75) is 25.9 Å². The number of pyridine rings is 1. The van der Waals surface area contributed by atoms with Crippen molar-refractivity contribution in [3.63, 3.8) is 0 Å². The van der Waals surface area contributed by atoms with Crippen LogP contribution in [0.1, 0.15) is 13.8 Å². The molecule has 2 aromatic heterocycles. The van der Waals surface area contributed by atoms with Gasteiger partial charge in [0, 0.05) is 35.4 Å². The minimum Gasteiger partial charge on any atom is -0.377 e. The third kappa shape index (κ3) is 2.80. The topological polar surface area (TPSA) is 37.4 Å². The number of aromatic nitrogens is 1. The van der Waals surface area contributed by atoms with Gasteiger partial charge in [0.05, 0.1) is 19.3 Å². The second-order valence-corrected chi connectivity index (χ2v) is 6.40. The molecule has 1 aliphatic heterocycles. The van der Waals surface area contributed by atoms with Gasteiger partial charge in [-0.05, 0) is 17.5 Å². The summed E-state index contributed by atoms with van der Waals surface area (Å²) in [5, 5.41) is 6.90. The number of hydrogen-bond donors (Lipinski definition) is 1. The van der Waals surface area contributed by atoms with E-state index in [0.29, 0.717) is 12.1 Å². The highest BCUT2D eigenvalue weighted by Crippen LogP contribution is 2.30. The predicted octanol–water partition coefficient (Wildman–Crippen LogP) is 2.50. The summed E-state index contributed by atoms with van der Waals surface area (Å²) in [4.78, 5) is 7.03. The van der Waals surface area contributed by atoms with Crippen LogP contribution in [0.3, 0.4) is 0 Å². The molecule has 0 amide bonds. The van der Waals surface area contributed by atoms with E-state index in [9.17, 15) is 0 Å². The molecule has 1 saturated heterocycles. The van der Waals surface area contributed by atoms with Gasteiger partial charge in [-0.1, -0.05) is 13.8 Å². The molecule has 0 saturated carbocycles. The lowest BCUT2D eigenvalue weighted by Crippen LogP contribution is -2.51. The van der Waals surface area contributed by atoms with E-state index in [1.807, 2.05) is 6.20 Å². The van der Waals surface area contributed by atoms with Crippen LogP contribution in [0.2, 0.25) is 0 Å². The van der Waals surface area contributed by atoms with E-state index in [2.05, 4.69) is 46.6 Å². The lowest BCUT2D eigenvalue weighted by molar-refractivity contribution is 0.0929. The van der Waals surface area contributed by atoms with E-state index in [4.69, 9.17) is 4.74 Å². The van der Waals surface area contributed by atoms with Gasteiger partial charge in [-0.3, -0.25) is 0 Å². The Bertz CT molecular complexity index is 569. The maximum Gasteiger partial charge on any atom is 0.137 e. The summed E-state index contributed by atoms with van der Waals surface area (Å²) in [6, 6.07) is 5.10. The first-order valence-electron chi connectivity index (χ1n) is 7.15. The fourth-order valence-electron chi connectivity index (χ4n) is 2.58. The predicted molar refractivity (Wildman–Crippen MR) is 84.7 cm³/mol. The lowest BCUT2D eigenvalue weighted by Gasteiger charge is -2.37. The molecule has 1 atom stereocenters. The quantitative estimate of drug-likeness (QED) is 0.939. The van der Waals surface area contributed by atoms with Gasteiger partial charge in [-0.2, -0.15) is 0 Å². The van der Waals surface area contributed by atoms with Crippen molar-refractivity contribution >= 4 is 27.2 Å². The van der Waals surface area contributed by atoms with Gasteiger partial charge in [-0.15, -0.1) is 11.3 Å². The molecule has 1 aliphatic rings. The van der Waals surface area contributed by atoms with Crippen LogP contribution in [0.5, 0.6) is 0 Å². The minimum absolute atomic E-state index is 0.351. The van der Waals surface area contributed by atoms with Crippen LogP contribution < -0.4 is 10.2 Å². The molecule has 2 aromatic rings. The molecular formula is C15H21N3OS. The number of rotatable bonds is 4. The number of fused-ring (bicyclic) bond motifs is 1. The molecule has 3 heterocycles. The van der Waals surface area contributed by atoms with E-state index >= 15 is 0 Å². The molecule has 20 heavy (non-hydrogen) atoms. The van der Waals surface area contributed by atoms with Crippen molar-refractivity contribution in [2.24, 2.45) is 0 Å². The zero-order chi connectivity index (χ0) is 13.9. The van der Waals surface area contributed by atoms with Crippen LogP contribution in [-0.4, -0.2) is 43.4 Å². The van der Waals surface area contributed by atoms with E-state index < -0.39 is 0 Å². The van der Waals surface area contributed by atoms with Crippen LogP contribution in [0.4, 0.5) is 5.82 Å². The van der Waals surface area contributed by atoms with Gasteiger partial charge in [0.1, 0.15) is 5.82 Å². The number of anilines is 1. The van der Waals surface area contributed by atoms with Gasteiger partial charge in [0.15, 0.2) is 0 Å². The van der Waals surface area contributed by atoms with E-state index in [0.717, 1.165) is 32.1 Å². The summed E-state index contributed by atoms with van der Waals surface area (Å²) in [7, 11) is 0. The third-order valence-corrected chi connectivity index (χ3v) is 4.50. The van der Waals surface area contributed by atoms with Crippen LogP contribution >= 0.6 is 11.3 Å². The SMILES string of the molecule is CC(C)NCC1COCCN1c1nccc2sccc12. The molecular weight excluding hydrogens is 270 g/mol. The van der Waals surface area contributed by atoms with Crippen molar-refractivity contribution < 1.29 is 4.74 Å². The number of morpholine rings is 1. The van der Waals surface area contributed by atoms with Gasteiger partial charge in [0.2, 0.25) is 0 Å². The van der Waals surface area contributed by atoms with Crippen LogP contribution in [-0.2, 0) is 4.74 Å². The van der Waals surface area contributed by atoms with Crippen molar-refractivity contribution in [2.75, 3.05) is 31.2 Å². The highest BCUT2D eigenvalue weighted by molar-refractivity contribution is 7.17. The molecule has 0 spiro atoms. The molecule has 1 unspecified atom stereocenters. The highest BCUT2D eigenvalue weighted by Gasteiger charge is 2.25. The molecule has 108 valence electrons. The standard InChI is InChI=1S/C15H21N3OS/c1-11(2)17-9-12-10-19-7-6-18(12)15-13-4-8-20-14(13)3-5-16-15/h3-5,8,11-12,17H,6-7,9-10H2,1-2H3. The van der Waals surface area contributed by atoms with Crippen molar-refractivity contribution in [1.82, 2.24) is 10.3 Å². The fourth-order valence-corrected chi connectivity index (χ4v) is 3.36. The molecule has 1 fully saturated rings. The molecule has 0 radical (unpaired) electrons. The van der Waals surface area contributed by atoms with Gasteiger partial charge >= 0.3 is 0 Å². The Morgan fingerprint density at radius 3 is 3.25 bits per heavy atom. The first-order chi connectivity index (χ1) is 9.75. The largest absolute Gasteiger partial charge is 0.377 e. The monoisotopic (exact) mass is 291 g/mol. The molecule has 0 bridgehead atoms. The van der Waals surface area contributed by atoms with E-state index in [-0.39, 0.29) is 0 Å². The summed E-state index contributed by atoms with van der Waals surface area (Å²) in [6.07, 6.45) is 1.91. The first kappa shape index (κ1) is 13.8. The van der Waals surface area contributed by atoms with Crippen molar-refractivity contribution in [3.05, 3.63) is 23.7 Å². The number of ether oxygens (including phenoxy) is 1. The average Bonchev–Trinajstić information content (AvgIpc) is 2.93. The Morgan fingerprint density at radius 2 is 2.40 bits per heavy atom. The first-order valence-corrected chi connectivity index (χ1v) is 8.03. The summed E-state index contributed by atoms with van der Waals surface area (Å²) in [5.41, 5.74) is 0. The molecule has 1 N–H and O–H groups in total. The van der Waals surface area contributed by atoms with Crippen LogP contribution in [0, 0.1) is 0 Å². The zero-order valence-corrected chi connectivity index (χ0v) is 12.8. The zero-order valence-electron chi connectivity index (χ0n) is 12.0. The summed E-state index contributed by atoms with van der Waals surface area (Å²) < 4.78 is 6.96. The molecule has 0 aromatic carbocycles.